The fourth-order valence-electron chi connectivity index (χ4n) is 2.61. The third-order valence-corrected chi connectivity index (χ3v) is 4.24. The summed E-state index contributed by atoms with van der Waals surface area (Å²) in [5.74, 6) is 1.39. The van der Waals surface area contributed by atoms with Crippen molar-refractivity contribution in [2.45, 2.75) is 25.5 Å². The van der Waals surface area contributed by atoms with Crippen LogP contribution in [0, 0.1) is 5.92 Å². The molecule has 1 N–H and O–H groups in total. The van der Waals surface area contributed by atoms with Crippen LogP contribution in [0.1, 0.15) is 24.9 Å². The Morgan fingerprint density at radius 2 is 2.28 bits per heavy atom. The van der Waals surface area contributed by atoms with Crippen molar-refractivity contribution in [2.75, 3.05) is 20.8 Å². The molecule has 0 radical (unpaired) electrons. The summed E-state index contributed by atoms with van der Waals surface area (Å²) < 4.78 is 12.0. The first-order valence-electron chi connectivity index (χ1n) is 6.28. The molecule has 3 unspecified atom stereocenters. The Morgan fingerprint density at radius 1 is 1.50 bits per heavy atom. The second-order valence-corrected chi connectivity index (χ2v) is 5.65. The maximum absolute atomic E-state index is 5.67. The van der Waals surface area contributed by atoms with E-state index in [1.165, 1.54) is 5.56 Å². The summed E-state index contributed by atoms with van der Waals surface area (Å²) in [6, 6.07) is 6.45. The smallest absolute Gasteiger partial charge is 0.120 e. The molecule has 3 atom stereocenters. The fraction of sp³-hybridized carbons (Fsp3) is 0.571. The van der Waals surface area contributed by atoms with Gasteiger partial charge in [-0.1, -0.05) is 22.0 Å². The molecule has 1 aliphatic rings. The second kappa shape index (κ2) is 6.04. The van der Waals surface area contributed by atoms with Gasteiger partial charge >= 0.3 is 0 Å². The number of methoxy groups -OCH3 is 1. The maximum Gasteiger partial charge on any atom is 0.120 e. The van der Waals surface area contributed by atoms with Crippen LogP contribution in [0.3, 0.4) is 0 Å². The van der Waals surface area contributed by atoms with E-state index >= 15 is 0 Å². The predicted octanol–water partition coefficient (Wildman–Crippen LogP) is 3.14. The van der Waals surface area contributed by atoms with E-state index in [1.54, 1.807) is 7.11 Å². The molecule has 3 nitrogen and oxygen atoms in total. The quantitative estimate of drug-likeness (QED) is 0.926. The summed E-state index contributed by atoms with van der Waals surface area (Å²) in [4.78, 5) is 0. The van der Waals surface area contributed by atoms with Crippen molar-refractivity contribution in [3.8, 4) is 5.75 Å². The minimum atomic E-state index is 0.315. The molecule has 2 rings (SSSR count). The van der Waals surface area contributed by atoms with Gasteiger partial charge in [-0.25, -0.2) is 0 Å². The molecule has 0 aliphatic carbocycles. The number of ether oxygens (including phenoxy) is 2. The van der Waals surface area contributed by atoms with Crippen molar-refractivity contribution in [2.24, 2.45) is 5.92 Å². The lowest BCUT2D eigenvalue weighted by Gasteiger charge is -2.24. The second-order valence-electron chi connectivity index (χ2n) is 4.79. The Hall–Kier alpha value is -0.580. The van der Waals surface area contributed by atoms with E-state index in [-0.39, 0.29) is 0 Å². The maximum atomic E-state index is 5.67. The van der Waals surface area contributed by atoms with Crippen LogP contribution < -0.4 is 10.1 Å². The molecule has 1 aromatic carbocycles. The van der Waals surface area contributed by atoms with Crippen molar-refractivity contribution < 1.29 is 9.47 Å². The van der Waals surface area contributed by atoms with Crippen LogP contribution in [0.4, 0.5) is 0 Å². The highest BCUT2D eigenvalue weighted by Gasteiger charge is 2.30. The highest BCUT2D eigenvalue weighted by molar-refractivity contribution is 9.10. The minimum Gasteiger partial charge on any atom is -0.497 e. The van der Waals surface area contributed by atoms with Crippen LogP contribution in [0.2, 0.25) is 0 Å². The van der Waals surface area contributed by atoms with Crippen LogP contribution in [-0.2, 0) is 4.74 Å². The molecule has 0 bridgehead atoms. The first kappa shape index (κ1) is 13.8. The lowest BCUT2D eigenvalue weighted by molar-refractivity contribution is 0.117. The molecule has 1 fully saturated rings. The first-order chi connectivity index (χ1) is 8.65. The van der Waals surface area contributed by atoms with Crippen molar-refractivity contribution in [3.63, 3.8) is 0 Å². The molecule has 1 aliphatic heterocycles. The highest BCUT2D eigenvalue weighted by Crippen LogP contribution is 2.36. The lowest BCUT2D eigenvalue weighted by atomic mass is 9.91. The van der Waals surface area contributed by atoms with Gasteiger partial charge in [-0.2, -0.15) is 0 Å². The molecule has 0 saturated carbocycles. The molecule has 1 aromatic rings. The largest absolute Gasteiger partial charge is 0.497 e. The van der Waals surface area contributed by atoms with Gasteiger partial charge < -0.3 is 14.8 Å². The zero-order chi connectivity index (χ0) is 13.1. The van der Waals surface area contributed by atoms with E-state index in [0.29, 0.717) is 18.1 Å². The van der Waals surface area contributed by atoms with Crippen LogP contribution in [0.15, 0.2) is 22.7 Å². The van der Waals surface area contributed by atoms with Gasteiger partial charge in [0.05, 0.1) is 19.8 Å². The average molecular weight is 314 g/mol. The molecule has 18 heavy (non-hydrogen) atoms. The normalized spacial score (nSPS) is 25.1. The van der Waals surface area contributed by atoms with Crippen molar-refractivity contribution in [1.29, 1.82) is 0 Å². The number of halogens is 1. The fourth-order valence-corrected chi connectivity index (χ4v) is 3.22. The van der Waals surface area contributed by atoms with Crippen LogP contribution in [-0.4, -0.2) is 26.9 Å². The van der Waals surface area contributed by atoms with Crippen LogP contribution in [0.25, 0.3) is 0 Å². The van der Waals surface area contributed by atoms with Gasteiger partial charge in [-0.3, -0.25) is 0 Å². The molecule has 0 aromatic heterocycles. The minimum absolute atomic E-state index is 0.315. The SMILES string of the molecule is CNC(c1ccc(OC)cc1Br)C1COC(C)C1. The molecule has 1 saturated heterocycles. The molecule has 100 valence electrons. The standard InChI is InChI=1S/C14H20BrNO2/c1-9-6-10(8-18-9)14(16-2)12-5-4-11(17-3)7-13(12)15/h4-5,7,9-10,14,16H,6,8H2,1-3H3. The molecule has 0 spiro atoms. The summed E-state index contributed by atoms with van der Waals surface area (Å²) in [7, 11) is 3.69. The number of benzene rings is 1. The van der Waals surface area contributed by atoms with E-state index in [4.69, 9.17) is 9.47 Å². The number of hydrogen-bond donors (Lipinski definition) is 1. The van der Waals surface area contributed by atoms with E-state index in [2.05, 4.69) is 34.2 Å². The zero-order valence-corrected chi connectivity index (χ0v) is 12.7. The Kier molecular flexibility index (Phi) is 4.65. The van der Waals surface area contributed by atoms with Crippen molar-refractivity contribution in [3.05, 3.63) is 28.2 Å². The Bertz CT molecular complexity index is 411. The van der Waals surface area contributed by atoms with Gasteiger partial charge in [0.25, 0.3) is 0 Å². The van der Waals surface area contributed by atoms with E-state index in [9.17, 15) is 0 Å². The van der Waals surface area contributed by atoms with E-state index in [0.717, 1.165) is 23.2 Å². The summed E-state index contributed by atoms with van der Waals surface area (Å²) in [6.07, 6.45) is 1.46. The Labute approximate surface area is 117 Å². The molecular weight excluding hydrogens is 294 g/mol. The molecular formula is C14H20BrNO2. The van der Waals surface area contributed by atoms with Crippen LogP contribution in [0.5, 0.6) is 5.75 Å². The topological polar surface area (TPSA) is 30.5 Å². The van der Waals surface area contributed by atoms with Crippen molar-refractivity contribution in [1.82, 2.24) is 5.32 Å². The summed E-state index contributed by atoms with van der Waals surface area (Å²) in [6.45, 7) is 2.96. The third-order valence-electron chi connectivity index (χ3n) is 3.55. The monoisotopic (exact) mass is 313 g/mol. The number of nitrogens with one attached hydrogen (secondary N) is 1. The van der Waals surface area contributed by atoms with Gasteiger partial charge in [-0.05, 0) is 38.1 Å². The van der Waals surface area contributed by atoms with E-state index in [1.807, 2.05) is 19.2 Å². The molecule has 0 amide bonds. The summed E-state index contributed by atoms with van der Waals surface area (Å²) in [5.41, 5.74) is 1.26. The van der Waals surface area contributed by atoms with E-state index < -0.39 is 0 Å². The molecule has 1 heterocycles. The zero-order valence-electron chi connectivity index (χ0n) is 11.1. The average Bonchev–Trinajstić information content (AvgIpc) is 2.78. The van der Waals surface area contributed by atoms with Gasteiger partial charge in [-0.15, -0.1) is 0 Å². The molecule has 4 heteroatoms. The number of hydrogen-bond acceptors (Lipinski definition) is 3. The lowest BCUT2D eigenvalue weighted by Crippen LogP contribution is -2.26. The third kappa shape index (κ3) is 2.87. The Morgan fingerprint density at radius 3 is 2.78 bits per heavy atom. The number of rotatable bonds is 4. The van der Waals surface area contributed by atoms with Gasteiger partial charge in [0, 0.05) is 16.4 Å². The highest BCUT2D eigenvalue weighted by atomic mass is 79.9. The van der Waals surface area contributed by atoms with Gasteiger partial charge in [0.2, 0.25) is 0 Å². The summed E-state index contributed by atoms with van der Waals surface area (Å²) in [5, 5.41) is 3.41. The Balaban J connectivity index is 2.22. The summed E-state index contributed by atoms with van der Waals surface area (Å²) >= 11 is 3.63. The van der Waals surface area contributed by atoms with Gasteiger partial charge in [0.1, 0.15) is 5.75 Å². The first-order valence-corrected chi connectivity index (χ1v) is 7.07. The predicted molar refractivity (Wildman–Crippen MR) is 76.0 cm³/mol. The van der Waals surface area contributed by atoms with Crippen LogP contribution >= 0.6 is 15.9 Å². The van der Waals surface area contributed by atoms with Gasteiger partial charge in [0.15, 0.2) is 0 Å². The van der Waals surface area contributed by atoms with Crippen molar-refractivity contribution >= 4 is 15.9 Å².